The van der Waals surface area contributed by atoms with Crippen LogP contribution in [0.5, 0.6) is 0 Å². The number of rotatable bonds is 3. The van der Waals surface area contributed by atoms with Gasteiger partial charge in [0.25, 0.3) is 0 Å². The van der Waals surface area contributed by atoms with E-state index in [1.807, 2.05) is 6.07 Å². The molecule has 2 heterocycles. The van der Waals surface area contributed by atoms with Gasteiger partial charge in [-0.15, -0.1) is 0 Å². The summed E-state index contributed by atoms with van der Waals surface area (Å²) in [6, 6.07) is 5.40. The van der Waals surface area contributed by atoms with Crippen LogP contribution in [-0.4, -0.2) is 40.3 Å². The molecule has 20 heavy (non-hydrogen) atoms. The summed E-state index contributed by atoms with van der Waals surface area (Å²) < 4.78 is 5.32. The molecular weight excluding hydrogens is 258 g/mol. The van der Waals surface area contributed by atoms with E-state index in [1.54, 1.807) is 12.1 Å². The van der Waals surface area contributed by atoms with Gasteiger partial charge in [-0.3, -0.25) is 0 Å². The minimum atomic E-state index is -0.980. The van der Waals surface area contributed by atoms with Gasteiger partial charge in [-0.25, -0.2) is 14.8 Å². The topological polar surface area (TPSA) is 84.3 Å². The summed E-state index contributed by atoms with van der Waals surface area (Å²) in [6.07, 6.45) is 3.24. The van der Waals surface area contributed by atoms with Gasteiger partial charge < -0.3 is 15.2 Å². The fraction of sp³-hybridized carbons (Fsp3) is 0.357. The monoisotopic (exact) mass is 273 g/mol. The molecule has 6 nitrogen and oxygen atoms in total. The van der Waals surface area contributed by atoms with Crippen molar-refractivity contribution in [3.8, 4) is 0 Å². The van der Waals surface area contributed by atoms with Crippen molar-refractivity contribution in [1.82, 2.24) is 9.97 Å². The predicted molar refractivity (Wildman–Crippen MR) is 74.0 cm³/mol. The Hall–Kier alpha value is -2.21. The highest BCUT2D eigenvalue weighted by Gasteiger charge is 2.17. The van der Waals surface area contributed by atoms with Crippen LogP contribution in [0.2, 0.25) is 0 Å². The average Bonchev–Trinajstić information content (AvgIpc) is 2.48. The first-order valence-electron chi connectivity index (χ1n) is 6.57. The highest BCUT2D eigenvalue weighted by molar-refractivity contribution is 6.04. The number of benzene rings is 1. The van der Waals surface area contributed by atoms with E-state index in [-0.39, 0.29) is 5.56 Å². The number of carboxylic acid groups (broad SMARTS) is 1. The molecule has 0 radical (unpaired) electrons. The van der Waals surface area contributed by atoms with Gasteiger partial charge in [0.1, 0.15) is 12.1 Å². The number of para-hydroxylation sites is 1. The van der Waals surface area contributed by atoms with Gasteiger partial charge in [-0.05, 0) is 25.0 Å². The zero-order chi connectivity index (χ0) is 13.9. The minimum absolute atomic E-state index is 0.194. The quantitative estimate of drug-likeness (QED) is 0.888. The molecular formula is C14H15N3O3. The molecule has 1 fully saturated rings. The summed E-state index contributed by atoms with van der Waals surface area (Å²) >= 11 is 0. The fourth-order valence-electron chi connectivity index (χ4n) is 2.41. The number of anilines is 1. The normalized spacial score (nSPS) is 16.2. The first-order valence-corrected chi connectivity index (χ1v) is 6.57. The van der Waals surface area contributed by atoms with Crippen LogP contribution in [0.15, 0.2) is 24.5 Å². The Balaban J connectivity index is 1.98. The third-order valence-electron chi connectivity index (χ3n) is 3.46. The van der Waals surface area contributed by atoms with Crippen LogP contribution in [-0.2, 0) is 4.74 Å². The molecule has 1 aliphatic rings. The van der Waals surface area contributed by atoms with Gasteiger partial charge in [0, 0.05) is 24.6 Å². The Morgan fingerprint density at radius 3 is 2.85 bits per heavy atom. The molecule has 0 atom stereocenters. The molecule has 0 aliphatic carbocycles. The third kappa shape index (κ3) is 2.42. The SMILES string of the molecule is O=C(O)c1cccc2c(NC3CCOCC3)ncnc12. The zero-order valence-corrected chi connectivity index (χ0v) is 10.9. The summed E-state index contributed by atoms with van der Waals surface area (Å²) in [5.41, 5.74) is 0.657. The lowest BCUT2D eigenvalue weighted by Gasteiger charge is -2.24. The number of aromatic carboxylic acids is 1. The molecule has 0 spiro atoms. The van der Waals surface area contributed by atoms with Crippen molar-refractivity contribution in [3.05, 3.63) is 30.1 Å². The maximum absolute atomic E-state index is 11.2. The van der Waals surface area contributed by atoms with Crippen LogP contribution in [0.3, 0.4) is 0 Å². The summed E-state index contributed by atoms with van der Waals surface area (Å²) in [7, 11) is 0. The molecule has 3 rings (SSSR count). The highest BCUT2D eigenvalue weighted by atomic mass is 16.5. The molecule has 104 valence electrons. The van der Waals surface area contributed by atoms with E-state index in [1.165, 1.54) is 6.33 Å². The molecule has 0 bridgehead atoms. The van der Waals surface area contributed by atoms with Crippen LogP contribution in [0.25, 0.3) is 10.9 Å². The second kappa shape index (κ2) is 5.42. The minimum Gasteiger partial charge on any atom is -0.478 e. The number of aromatic nitrogens is 2. The van der Waals surface area contributed by atoms with Crippen molar-refractivity contribution in [2.24, 2.45) is 0 Å². The van der Waals surface area contributed by atoms with Gasteiger partial charge >= 0.3 is 5.97 Å². The maximum atomic E-state index is 11.2. The van der Waals surface area contributed by atoms with E-state index in [0.29, 0.717) is 17.4 Å². The molecule has 1 aromatic carbocycles. The van der Waals surface area contributed by atoms with Crippen LogP contribution in [0, 0.1) is 0 Å². The number of nitrogens with zero attached hydrogens (tertiary/aromatic N) is 2. The van der Waals surface area contributed by atoms with Crippen LogP contribution >= 0.6 is 0 Å². The number of nitrogens with one attached hydrogen (secondary N) is 1. The van der Waals surface area contributed by atoms with Crippen molar-refractivity contribution < 1.29 is 14.6 Å². The van der Waals surface area contributed by atoms with E-state index in [9.17, 15) is 9.90 Å². The van der Waals surface area contributed by atoms with E-state index < -0.39 is 5.97 Å². The van der Waals surface area contributed by atoms with Crippen molar-refractivity contribution in [3.63, 3.8) is 0 Å². The molecule has 1 saturated heterocycles. The van der Waals surface area contributed by atoms with Gasteiger partial charge in [-0.2, -0.15) is 0 Å². The molecule has 0 unspecified atom stereocenters. The van der Waals surface area contributed by atoms with Crippen molar-refractivity contribution in [2.75, 3.05) is 18.5 Å². The summed E-state index contributed by atoms with van der Waals surface area (Å²) in [5.74, 6) is -0.295. The molecule has 0 amide bonds. The second-order valence-corrected chi connectivity index (χ2v) is 4.76. The number of fused-ring (bicyclic) bond motifs is 1. The van der Waals surface area contributed by atoms with Crippen molar-refractivity contribution in [1.29, 1.82) is 0 Å². The summed E-state index contributed by atoms with van der Waals surface area (Å²) in [4.78, 5) is 19.6. The van der Waals surface area contributed by atoms with Gasteiger partial charge in [0.15, 0.2) is 0 Å². The van der Waals surface area contributed by atoms with Crippen molar-refractivity contribution >= 4 is 22.7 Å². The fourth-order valence-corrected chi connectivity index (χ4v) is 2.41. The largest absolute Gasteiger partial charge is 0.478 e. The summed E-state index contributed by atoms with van der Waals surface area (Å²) in [5, 5.41) is 13.3. The number of ether oxygens (including phenoxy) is 1. The highest BCUT2D eigenvalue weighted by Crippen LogP contribution is 2.24. The van der Waals surface area contributed by atoms with Gasteiger partial charge in [0.05, 0.1) is 11.1 Å². The van der Waals surface area contributed by atoms with E-state index in [4.69, 9.17) is 4.74 Å². The smallest absolute Gasteiger partial charge is 0.337 e. The van der Waals surface area contributed by atoms with Crippen LogP contribution in [0.4, 0.5) is 5.82 Å². The van der Waals surface area contributed by atoms with Gasteiger partial charge in [-0.1, -0.05) is 6.07 Å². The number of carboxylic acids is 1. The Labute approximate surface area is 115 Å². The van der Waals surface area contributed by atoms with Crippen molar-refractivity contribution in [2.45, 2.75) is 18.9 Å². The van der Waals surface area contributed by atoms with E-state index in [0.717, 1.165) is 31.4 Å². The zero-order valence-electron chi connectivity index (χ0n) is 10.9. The van der Waals surface area contributed by atoms with E-state index >= 15 is 0 Å². The molecule has 2 N–H and O–H groups in total. The molecule has 0 saturated carbocycles. The number of carbonyl (C=O) groups is 1. The Morgan fingerprint density at radius 2 is 2.10 bits per heavy atom. The first kappa shape index (κ1) is 12.8. The second-order valence-electron chi connectivity index (χ2n) is 4.76. The van der Waals surface area contributed by atoms with Crippen LogP contribution in [0.1, 0.15) is 23.2 Å². The van der Waals surface area contributed by atoms with E-state index in [2.05, 4.69) is 15.3 Å². The Morgan fingerprint density at radius 1 is 1.30 bits per heavy atom. The molecule has 1 aromatic heterocycles. The lowest BCUT2D eigenvalue weighted by molar-refractivity contribution is 0.0699. The van der Waals surface area contributed by atoms with Gasteiger partial charge in [0.2, 0.25) is 0 Å². The lowest BCUT2D eigenvalue weighted by Crippen LogP contribution is -2.28. The molecule has 2 aromatic rings. The average molecular weight is 273 g/mol. The summed E-state index contributed by atoms with van der Waals surface area (Å²) in [6.45, 7) is 1.47. The lowest BCUT2D eigenvalue weighted by atomic mass is 10.1. The van der Waals surface area contributed by atoms with Crippen LogP contribution < -0.4 is 5.32 Å². The standard InChI is InChI=1S/C14H15N3O3/c18-14(19)11-3-1-2-10-12(11)15-8-16-13(10)17-9-4-6-20-7-5-9/h1-3,8-9H,4-7H2,(H,18,19)(H,15,16,17). The Kier molecular flexibility index (Phi) is 3.47. The molecule has 1 aliphatic heterocycles. The first-order chi connectivity index (χ1) is 9.75. The third-order valence-corrected chi connectivity index (χ3v) is 3.46. The number of hydrogen-bond donors (Lipinski definition) is 2. The predicted octanol–water partition coefficient (Wildman–Crippen LogP) is 1.92. The Bertz CT molecular complexity index is 639. The maximum Gasteiger partial charge on any atom is 0.337 e. The molecule has 6 heteroatoms. The number of hydrogen-bond acceptors (Lipinski definition) is 5.